The molecule has 0 aliphatic heterocycles. The highest BCUT2D eigenvalue weighted by Gasteiger charge is 2.20. The first-order valence-corrected chi connectivity index (χ1v) is 17.1. The molecule has 5 aromatic carbocycles. The summed E-state index contributed by atoms with van der Waals surface area (Å²) in [5.41, 5.74) is 3.12. The van der Waals surface area contributed by atoms with Gasteiger partial charge >= 0.3 is 0 Å². The molecule has 0 spiro atoms. The summed E-state index contributed by atoms with van der Waals surface area (Å²) in [4.78, 5) is 40.7. The van der Waals surface area contributed by atoms with Crippen molar-refractivity contribution in [3.63, 3.8) is 0 Å². The molecule has 0 aliphatic rings. The lowest BCUT2D eigenvalue weighted by atomic mass is 10.1. The monoisotopic (exact) mass is 709 g/mol. The van der Waals surface area contributed by atoms with Gasteiger partial charge in [0.1, 0.15) is 18.1 Å². The number of rotatable bonds is 13. The van der Waals surface area contributed by atoms with Crippen molar-refractivity contribution in [1.82, 2.24) is 5.32 Å². The molecule has 49 heavy (non-hydrogen) atoms. The highest BCUT2D eigenvalue weighted by molar-refractivity contribution is 8.00. The minimum absolute atomic E-state index is 0.0501. The zero-order valence-electron chi connectivity index (χ0n) is 26.5. The van der Waals surface area contributed by atoms with Gasteiger partial charge in [-0.15, -0.1) is 11.8 Å². The normalized spacial score (nSPS) is 11.7. The van der Waals surface area contributed by atoms with Gasteiger partial charge in [-0.3, -0.25) is 14.4 Å². The van der Waals surface area contributed by atoms with Crippen LogP contribution in [0.2, 0.25) is 10.0 Å². The summed E-state index contributed by atoms with van der Waals surface area (Å²) in [6.07, 6.45) is 2.15. The maximum Gasteiger partial charge on any atom is 0.272 e. The Kier molecular flexibility index (Phi) is 12.5. The van der Waals surface area contributed by atoms with E-state index in [2.05, 4.69) is 16.0 Å². The topological polar surface area (TPSA) is 96.5 Å². The molecule has 3 N–H and O–H groups in total. The Balaban J connectivity index is 1.30. The third-order valence-electron chi connectivity index (χ3n) is 7.19. The van der Waals surface area contributed by atoms with Crippen molar-refractivity contribution in [2.45, 2.75) is 30.1 Å². The van der Waals surface area contributed by atoms with Gasteiger partial charge in [0.25, 0.3) is 11.8 Å². The second-order valence-corrected chi connectivity index (χ2v) is 13.0. The standard InChI is InChI=1S/C39H33Cl2N3O4S/c1-2-36(39(47)43-34-23-29(40)18-21-33(34)41)49-32-15-9-14-30(24-32)42-38(46)35(44-37(45)28-12-7-4-8-13-28)22-26-16-19-31(20-17-26)48-25-27-10-5-3-6-11-27/h3-24,36H,2,25H2,1H3,(H,42,46)(H,43,47)(H,44,45)/b35-22+. The van der Waals surface area contributed by atoms with Crippen LogP contribution >= 0.6 is 35.0 Å². The fraction of sp³-hybridized carbons (Fsp3) is 0.103. The number of hydrogen-bond acceptors (Lipinski definition) is 5. The van der Waals surface area contributed by atoms with Gasteiger partial charge in [-0.25, -0.2) is 0 Å². The van der Waals surface area contributed by atoms with Crippen molar-refractivity contribution in [3.8, 4) is 5.75 Å². The molecule has 1 unspecified atom stereocenters. The molecule has 0 heterocycles. The number of carbonyl (C=O) groups is 3. The third-order valence-corrected chi connectivity index (χ3v) is 9.11. The van der Waals surface area contributed by atoms with E-state index in [-0.39, 0.29) is 11.6 Å². The Morgan fingerprint density at radius 2 is 1.51 bits per heavy atom. The van der Waals surface area contributed by atoms with E-state index in [4.69, 9.17) is 27.9 Å². The van der Waals surface area contributed by atoms with Gasteiger partial charge in [-0.2, -0.15) is 0 Å². The highest BCUT2D eigenvalue weighted by atomic mass is 35.5. The first-order chi connectivity index (χ1) is 23.8. The quantitative estimate of drug-likeness (QED) is 0.0836. The van der Waals surface area contributed by atoms with Crippen LogP contribution in [0.15, 0.2) is 138 Å². The molecule has 0 saturated carbocycles. The largest absolute Gasteiger partial charge is 0.489 e. The summed E-state index contributed by atoms with van der Waals surface area (Å²) >= 11 is 13.7. The van der Waals surface area contributed by atoms with E-state index in [1.54, 1.807) is 66.7 Å². The van der Waals surface area contributed by atoms with E-state index in [0.717, 1.165) is 10.5 Å². The van der Waals surface area contributed by atoms with Crippen LogP contribution in [0.3, 0.4) is 0 Å². The first kappa shape index (κ1) is 35.3. The van der Waals surface area contributed by atoms with Crippen molar-refractivity contribution < 1.29 is 19.1 Å². The molecule has 10 heteroatoms. The highest BCUT2D eigenvalue weighted by Crippen LogP contribution is 2.31. The fourth-order valence-corrected chi connectivity index (χ4v) is 6.00. The number of benzene rings is 5. The molecule has 0 aromatic heterocycles. The van der Waals surface area contributed by atoms with Crippen molar-refractivity contribution in [3.05, 3.63) is 160 Å². The summed E-state index contributed by atoms with van der Waals surface area (Å²) in [5, 5.41) is 8.92. The molecule has 0 saturated heterocycles. The molecule has 7 nitrogen and oxygen atoms in total. The van der Waals surface area contributed by atoms with Crippen LogP contribution in [0, 0.1) is 0 Å². The van der Waals surface area contributed by atoms with Gasteiger partial charge in [0.2, 0.25) is 5.91 Å². The summed E-state index contributed by atoms with van der Waals surface area (Å²) in [6.45, 7) is 2.34. The third kappa shape index (κ3) is 10.5. The Morgan fingerprint density at radius 3 is 2.22 bits per heavy atom. The predicted molar refractivity (Wildman–Crippen MR) is 199 cm³/mol. The van der Waals surface area contributed by atoms with Crippen LogP contribution in [0.5, 0.6) is 5.75 Å². The number of nitrogens with one attached hydrogen (secondary N) is 3. The fourth-order valence-electron chi connectivity index (χ4n) is 4.65. The smallest absolute Gasteiger partial charge is 0.272 e. The molecule has 1 atom stereocenters. The molecule has 0 fully saturated rings. The number of hydrogen-bond donors (Lipinski definition) is 3. The van der Waals surface area contributed by atoms with Crippen molar-refractivity contribution in [2.24, 2.45) is 0 Å². The summed E-state index contributed by atoms with van der Waals surface area (Å²) in [6, 6.07) is 37.8. The summed E-state index contributed by atoms with van der Waals surface area (Å²) < 4.78 is 5.89. The zero-order valence-corrected chi connectivity index (χ0v) is 28.8. The molecule has 248 valence electrons. The SMILES string of the molecule is CCC(Sc1cccc(NC(=O)/C(=C\c2ccc(OCc3ccccc3)cc2)NC(=O)c2ccccc2)c1)C(=O)Nc1cc(Cl)ccc1Cl. The lowest BCUT2D eigenvalue weighted by Gasteiger charge is -2.16. The van der Waals surface area contributed by atoms with E-state index in [1.165, 1.54) is 11.8 Å². The van der Waals surface area contributed by atoms with E-state index in [0.29, 0.717) is 51.3 Å². The maximum absolute atomic E-state index is 13.7. The van der Waals surface area contributed by atoms with Crippen LogP contribution in [0.25, 0.3) is 6.08 Å². The maximum atomic E-state index is 13.7. The van der Waals surface area contributed by atoms with Crippen molar-refractivity contribution >= 4 is 70.1 Å². The Morgan fingerprint density at radius 1 is 0.796 bits per heavy atom. The molecular formula is C39H33Cl2N3O4S. The van der Waals surface area contributed by atoms with Gasteiger partial charge in [-0.05, 0) is 84.3 Å². The molecule has 0 aliphatic carbocycles. The van der Waals surface area contributed by atoms with Crippen LogP contribution in [0.1, 0.15) is 34.8 Å². The van der Waals surface area contributed by atoms with E-state index >= 15 is 0 Å². The Labute approximate surface area is 299 Å². The van der Waals surface area contributed by atoms with Crippen molar-refractivity contribution in [2.75, 3.05) is 10.6 Å². The summed E-state index contributed by atoms with van der Waals surface area (Å²) in [7, 11) is 0. The number of amides is 3. The molecular weight excluding hydrogens is 677 g/mol. The molecule has 5 aromatic rings. The Bertz CT molecular complexity index is 1940. The van der Waals surface area contributed by atoms with Crippen LogP contribution < -0.4 is 20.7 Å². The molecule has 0 radical (unpaired) electrons. The number of anilines is 2. The predicted octanol–water partition coefficient (Wildman–Crippen LogP) is 9.49. The van der Waals surface area contributed by atoms with Crippen LogP contribution in [-0.2, 0) is 16.2 Å². The number of ether oxygens (including phenoxy) is 1. The van der Waals surface area contributed by atoms with Gasteiger partial charge in [0, 0.05) is 21.2 Å². The van der Waals surface area contributed by atoms with Crippen LogP contribution in [-0.4, -0.2) is 23.0 Å². The van der Waals surface area contributed by atoms with Crippen molar-refractivity contribution in [1.29, 1.82) is 0 Å². The molecule has 5 rings (SSSR count). The van der Waals surface area contributed by atoms with E-state index in [1.807, 2.05) is 73.7 Å². The minimum atomic E-state index is -0.517. The van der Waals surface area contributed by atoms with Gasteiger partial charge in [0.15, 0.2) is 0 Å². The Hall–Kier alpha value is -5.02. The van der Waals surface area contributed by atoms with Crippen LogP contribution in [0.4, 0.5) is 11.4 Å². The van der Waals surface area contributed by atoms with E-state index in [9.17, 15) is 14.4 Å². The first-order valence-electron chi connectivity index (χ1n) is 15.5. The zero-order chi connectivity index (χ0) is 34.6. The minimum Gasteiger partial charge on any atom is -0.489 e. The van der Waals surface area contributed by atoms with Gasteiger partial charge in [0.05, 0.1) is 16.0 Å². The molecule has 0 bridgehead atoms. The lowest BCUT2D eigenvalue weighted by Crippen LogP contribution is -2.30. The van der Waals surface area contributed by atoms with E-state index < -0.39 is 17.1 Å². The average Bonchev–Trinajstić information content (AvgIpc) is 3.12. The molecule has 3 amide bonds. The van der Waals surface area contributed by atoms with Gasteiger partial charge < -0.3 is 20.7 Å². The second kappa shape index (κ2) is 17.4. The number of halogens is 2. The number of thioether (sulfide) groups is 1. The number of carbonyl (C=O) groups excluding carboxylic acids is 3. The lowest BCUT2D eigenvalue weighted by molar-refractivity contribution is -0.116. The summed E-state index contributed by atoms with van der Waals surface area (Å²) in [5.74, 6) is -0.497. The average molecular weight is 711 g/mol. The second-order valence-electron chi connectivity index (χ2n) is 10.8. The van der Waals surface area contributed by atoms with Gasteiger partial charge in [-0.1, -0.05) is 96.9 Å².